The molecule has 0 spiro atoms. The van der Waals surface area contributed by atoms with Gasteiger partial charge in [0.2, 0.25) is 0 Å². The first-order valence-corrected chi connectivity index (χ1v) is 42.0. The number of ether oxygens (including phenoxy) is 4. The van der Waals surface area contributed by atoms with Crippen LogP contribution in [0.4, 0.5) is 0 Å². The zero-order chi connectivity index (χ0) is 76.0. The minimum atomic E-state index is -5.02. The van der Waals surface area contributed by atoms with Gasteiger partial charge in [-0.15, -0.1) is 0 Å². The summed E-state index contributed by atoms with van der Waals surface area (Å²) in [6, 6.07) is 0. The summed E-state index contributed by atoms with van der Waals surface area (Å²) in [4.78, 5) is 72.9. The van der Waals surface area contributed by atoms with E-state index in [0.717, 1.165) is 135 Å². The maximum Gasteiger partial charge on any atom is 0.472 e. The van der Waals surface area contributed by atoms with Gasteiger partial charge in [0.25, 0.3) is 0 Å². The Kier molecular flexibility index (Phi) is 71.2. The highest BCUT2D eigenvalue weighted by atomic mass is 31.2. The third-order valence-electron chi connectivity index (χ3n) is 15.4. The van der Waals surface area contributed by atoms with Gasteiger partial charge >= 0.3 is 39.5 Å². The maximum atomic E-state index is 13.1. The molecule has 0 aliphatic rings. The van der Waals surface area contributed by atoms with Crippen LogP contribution in [0.1, 0.15) is 272 Å². The molecule has 0 aromatic rings. The van der Waals surface area contributed by atoms with Crippen molar-refractivity contribution in [3.8, 4) is 0 Å². The number of carbonyl (C=O) groups is 4. The Balaban J connectivity index is 5.51. The molecule has 0 saturated carbocycles. The number of unbranched alkanes of at least 4 members (excludes halogenated alkanes) is 16. The second-order valence-corrected chi connectivity index (χ2v) is 28.1. The van der Waals surface area contributed by atoms with Gasteiger partial charge in [0.1, 0.15) is 19.3 Å². The zero-order valence-electron chi connectivity index (χ0n) is 64.1. The number of phosphoric ester groups is 2. The number of aliphatic hydroxyl groups is 1. The van der Waals surface area contributed by atoms with E-state index in [1.807, 2.05) is 30.4 Å². The molecule has 104 heavy (non-hydrogen) atoms. The van der Waals surface area contributed by atoms with Crippen LogP contribution in [-0.4, -0.2) is 96.7 Å². The van der Waals surface area contributed by atoms with Crippen molar-refractivity contribution in [1.29, 1.82) is 0 Å². The van der Waals surface area contributed by atoms with Gasteiger partial charge in [-0.05, 0) is 128 Å². The van der Waals surface area contributed by atoms with Crippen LogP contribution in [-0.2, 0) is 65.4 Å². The molecule has 0 aromatic carbocycles. The lowest BCUT2D eigenvalue weighted by Gasteiger charge is -2.21. The highest BCUT2D eigenvalue weighted by Gasteiger charge is 2.30. The Bertz CT molecular complexity index is 2690. The third kappa shape index (κ3) is 74.4. The van der Waals surface area contributed by atoms with Gasteiger partial charge in [-0.1, -0.05) is 300 Å². The number of allylic oxidation sites excluding steroid dienone is 29. The number of hydrogen-bond acceptors (Lipinski definition) is 15. The Morgan fingerprint density at radius 3 is 0.913 bits per heavy atom. The van der Waals surface area contributed by atoms with E-state index in [2.05, 4.69) is 167 Å². The summed E-state index contributed by atoms with van der Waals surface area (Å²) in [5.74, 6) is -2.46. The number of phosphoric acid groups is 2. The fourth-order valence-electron chi connectivity index (χ4n) is 9.61. The topological polar surface area (TPSA) is 237 Å². The second-order valence-electron chi connectivity index (χ2n) is 25.2. The van der Waals surface area contributed by atoms with Crippen molar-refractivity contribution in [1.82, 2.24) is 0 Å². The highest BCUT2D eigenvalue weighted by Crippen LogP contribution is 2.45. The molecule has 0 fully saturated rings. The summed E-state index contributed by atoms with van der Waals surface area (Å²) in [5, 5.41) is 10.6. The van der Waals surface area contributed by atoms with Crippen LogP contribution >= 0.6 is 15.6 Å². The molecule has 0 bridgehead atoms. The molecule has 0 aromatic heterocycles. The maximum absolute atomic E-state index is 13.1. The van der Waals surface area contributed by atoms with Gasteiger partial charge in [-0.25, -0.2) is 9.13 Å². The molecule has 17 nitrogen and oxygen atoms in total. The number of rotatable bonds is 71. The summed E-state index contributed by atoms with van der Waals surface area (Å²) in [7, 11) is -10.0. The third-order valence-corrected chi connectivity index (χ3v) is 17.3. The lowest BCUT2D eigenvalue weighted by atomic mass is 10.0. The summed E-state index contributed by atoms with van der Waals surface area (Å²) in [6.07, 6.45) is 90.7. The smallest absolute Gasteiger partial charge is 0.462 e. The van der Waals surface area contributed by atoms with E-state index in [1.54, 1.807) is 12.2 Å². The first-order chi connectivity index (χ1) is 50.7. The molecule has 0 saturated heterocycles. The molecular formula is C85H136O17P2. The minimum Gasteiger partial charge on any atom is -0.462 e. The van der Waals surface area contributed by atoms with Crippen molar-refractivity contribution in [2.24, 2.45) is 0 Å². The predicted molar refractivity (Wildman–Crippen MR) is 426 cm³/mol. The van der Waals surface area contributed by atoms with Gasteiger partial charge in [0.15, 0.2) is 12.2 Å². The van der Waals surface area contributed by atoms with E-state index < -0.39 is 97.5 Å². The summed E-state index contributed by atoms with van der Waals surface area (Å²) < 4.78 is 68.3. The summed E-state index contributed by atoms with van der Waals surface area (Å²) in [5.41, 5.74) is 0. The highest BCUT2D eigenvalue weighted by molar-refractivity contribution is 7.47. The monoisotopic (exact) mass is 1490 g/mol. The number of hydrogen-bond donors (Lipinski definition) is 3. The molecule has 0 amide bonds. The van der Waals surface area contributed by atoms with Gasteiger partial charge in [0.05, 0.1) is 32.8 Å². The number of carbonyl (C=O) groups excluding carboxylic acids is 4. The first kappa shape index (κ1) is 98.2. The molecule has 0 radical (unpaired) electrons. The molecule has 5 unspecified atom stereocenters. The zero-order valence-corrected chi connectivity index (χ0v) is 65.9. The first-order valence-electron chi connectivity index (χ1n) is 39.0. The van der Waals surface area contributed by atoms with Crippen LogP contribution in [0.3, 0.4) is 0 Å². The van der Waals surface area contributed by atoms with E-state index in [4.69, 9.17) is 37.0 Å². The fraction of sp³-hybridized carbons (Fsp3) is 0.600. The molecule has 0 heterocycles. The normalized spacial score (nSPS) is 14.9. The SMILES string of the molecule is CC/C=C\C/C=C\C/C=C\C/C=C\C/C=C\C/C=C\CCC(=O)OCC(COP(=O)(O)OCC(O)COP(=O)(O)OCC(COC(=O)CCCCCC/C=C\C/C=C\C/C=C\C/C=C\CC)OC(=O)C/C=C\C/C=C\C/C=C\C/C=C\C/C=C\CC)OC(=O)CCCCCCCCCCCCCCC. The molecule has 0 rings (SSSR count). The fourth-order valence-corrected chi connectivity index (χ4v) is 11.2. The Hall–Kier alpha value is -5.84. The molecule has 588 valence electrons. The quantitative estimate of drug-likeness (QED) is 0.0169. The van der Waals surface area contributed by atoms with E-state index in [9.17, 15) is 43.2 Å². The average Bonchev–Trinajstić information content (AvgIpc) is 0.939. The van der Waals surface area contributed by atoms with Crippen LogP contribution in [0.2, 0.25) is 0 Å². The van der Waals surface area contributed by atoms with Crippen LogP contribution in [0.25, 0.3) is 0 Å². The van der Waals surface area contributed by atoms with E-state index in [-0.39, 0.29) is 25.7 Å². The minimum absolute atomic E-state index is 0.0293. The van der Waals surface area contributed by atoms with Crippen molar-refractivity contribution >= 4 is 39.5 Å². The standard InChI is InChI=1S/C85H136O17P2/c1-5-9-13-17-21-25-29-33-36-38-39-41-44-47-50-54-58-62-66-70-83(88)95-75-80(101-84(89)71-67-63-59-55-51-45-32-28-24-20-16-12-8-4)77-99-103(91,92)97-73-79(86)74-98-104(93,94)100-78-81(102-85(90)72-68-64-60-56-52-48-42-35-31-27-23-19-15-11-7-3)76-96-82(87)69-65-61-57-53-49-46-43-40-37-34-30-26-22-18-14-10-6-2/h9-11,13-15,21-23,25-27,33-37,39,41-43,46-47,50,52,56,58,62,64,68,79-81,86H,5-8,12,16-20,24,28-32,38,40,44-45,48-49,51,53-55,57,59-61,63,65-67,69-78H2,1-4H3,(H,91,92)(H,93,94)/b13-9-,14-10-,15-11-,25-21-,26-22-,27-23-,36-33-,37-34-,41-39-,42-35-,46-43-,50-47-,56-52-,62-58-,68-64-. The summed E-state index contributed by atoms with van der Waals surface area (Å²) in [6.45, 7) is 4.28. The molecule has 0 aliphatic heterocycles. The van der Waals surface area contributed by atoms with Crippen molar-refractivity contribution in [3.63, 3.8) is 0 Å². The van der Waals surface area contributed by atoms with E-state index >= 15 is 0 Å². The largest absolute Gasteiger partial charge is 0.472 e. The van der Waals surface area contributed by atoms with Gasteiger partial charge in [-0.2, -0.15) is 0 Å². The van der Waals surface area contributed by atoms with Crippen molar-refractivity contribution in [2.75, 3.05) is 39.6 Å². The summed E-state index contributed by atoms with van der Waals surface area (Å²) >= 11 is 0. The van der Waals surface area contributed by atoms with Crippen LogP contribution < -0.4 is 0 Å². The number of aliphatic hydroxyl groups excluding tert-OH is 1. The van der Waals surface area contributed by atoms with Gasteiger partial charge in [-0.3, -0.25) is 37.3 Å². The molecule has 3 N–H and O–H groups in total. The lowest BCUT2D eigenvalue weighted by Crippen LogP contribution is -2.30. The van der Waals surface area contributed by atoms with Crippen molar-refractivity contribution in [2.45, 2.75) is 290 Å². The van der Waals surface area contributed by atoms with Crippen LogP contribution in [0.5, 0.6) is 0 Å². The Labute approximate surface area is 628 Å². The van der Waals surface area contributed by atoms with Crippen LogP contribution in [0, 0.1) is 0 Å². The average molecular weight is 1490 g/mol. The molecule has 5 atom stereocenters. The number of esters is 4. The predicted octanol–water partition coefficient (Wildman–Crippen LogP) is 22.8. The lowest BCUT2D eigenvalue weighted by molar-refractivity contribution is -0.161. The molecular weight excluding hydrogens is 1350 g/mol. The van der Waals surface area contributed by atoms with Crippen LogP contribution in [0.15, 0.2) is 182 Å². The van der Waals surface area contributed by atoms with E-state index in [1.165, 1.54) is 51.4 Å². The Morgan fingerprint density at radius 2 is 0.558 bits per heavy atom. The molecule has 19 heteroatoms. The van der Waals surface area contributed by atoms with Crippen molar-refractivity contribution in [3.05, 3.63) is 182 Å². The second kappa shape index (κ2) is 75.4. The Morgan fingerprint density at radius 1 is 0.288 bits per heavy atom. The van der Waals surface area contributed by atoms with Gasteiger partial charge < -0.3 is 33.8 Å². The van der Waals surface area contributed by atoms with E-state index in [0.29, 0.717) is 32.1 Å². The van der Waals surface area contributed by atoms with Gasteiger partial charge in [0, 0.05) is 19.3 Å². The van der Waals surface area contributed by atoms with Crippen molar-refractivity contribution < 1.29 is 80.2 Å². The molecule has 0 aliphatic carbocycles.